The van der Waals surface area contributed by atoms with Crippen LogP contribution in [-0.4, -0.2) is 21.5 Å². The van der Waals surface area contributed by atoms with E-state index in [4.69, 9.17) is 0 Å². The lowest BCUT2D eigenvalue weighted by atomic mass is 10.0. The molecular weight excluding hydrogens is 248 g/mol. The summed E-state index contributed by atoms with van der Waals surface area (Å²) >= 11 is 0. The molecule has 2 heterocycles. The van der Waals surface area contributed by atoms with E-state index in [9.17, 15) is 0 Å². The summed E-state index contributed by atoms with van der Waals surface area (Å²) in [6, 6.07) is 8.15. The summed E-state index contributed by atoms with van der Waals surface area (Å²) < 4.78 is 0. The molecule has 0 aliphatic rings. The molecule has 2 aromatic heterocycles. The number of hydrogen-bond donors (Lipinski definition) is 1. The summed E-state index contributed by atoms with van der Waals surface area (Å²) in [5, 5.41) is 5.52. The second-order valence-corrected chi connectivity index (χ2v) is 4.62. The number of rotatable bonds is 4. The zero-order valence-electron chi connectivity index (χ0n) is 11.4. The minimum Gasteiger partial charge on any atom is -0.369 e. The molecule has 0 aliphatic heterocycles. The second kappa shape index (κ2) is 5.65. The minimum absolute atomic E-state index is 0.815. The van der Waals surface area contributed by atoms with Crippen molar-refractivity contribution < 1.29 is 0 Å². The van der Waals surface area contributed by atoms with Gasteiger partial charge in [-0.3, -0.25) is 9.97 Å². The van der Waals surface area contributed by atoms with Gasteiger partial charge in [0.25, 0.3) is 0 Å². The van der Waals surface area contributed by atoms with Crippen molar-refractivity contribution in [1.29, 1.82) is 0 Å². The van der Waals surface area contributed by atoms with Crippen molar-refractivity contribution in [3.63, 3.8) is 0 Å². The summed E-state index contributed by atoms with van der Waals surface area (Å²) in [5.74, 6) is 0.815. The van der Waals surface area contributed by atoms with Crippen molar-refractivity contribution in [3.8, 4) is 11.3 Å². The minimum atomic E-state index is 0.815. The van der Waals surface area contributed by atoms with Crippen LogP contribution in [0.1, 0.15) is 13.3 Å². The number of benzene rings is 1. The first kappa shape index (κ1) is 12.5. The molecule has 0 amide bonds. The van der Waals surface area contributed by atoms with Crippen molar-refractivity contribution in [2.45, 2.75) is 13.3 Å². The topological polar surface area (TPSA) is 50.7 Å². The number of nitrogens with one attached hydrogen (secondary N) is 1. The summed E-state index contributed by atoms with van der Waals surface area (Å²) in [4.78, 5) is 13.1. The molecule has 0 aliphatic carbocycles. The van der Waals surface area contributed by atoms with Crippen molar-refractivity contribution in [1.82, 2.24) is 15.0 Å². The maximum absolute atomic E-state index is 4.64. The van der Waals surface area contributed by atoms with E-state index in [0.717, 1.165) is 40.8 Å². The SMILES string of the molecule is CCCNc1cncc(-c2cccc3cnccc23)n1. The van der Waals surface area contributed by atoms with E-state index in [-0.39, 0.29) is 0 Å². The first-order valence-corrected chi connectivity index (χ1v) is 6.77. The van der Waals surface area contributed by atoms with Crippen molar-refractivity contribution >= 4 is 16.6 Å². The van der Waals surface area contributed by atoms with Gasteiger partial charge in [0.15, 0.2) is 0 Å². The smallest absolute Gasteiger partial charge is 0.145 e. The van der Waals surface area contributed by atoms with Crippen molar-refractivity contribution in [3.05, 3.63) is 49.1 Å². The standard InChI is InChI=1S/C16H16N4/c1-2-7-19-16-11-18-10-15(20-16)14-5-3-4-12-9-17-8-6-13(12)14/h3-6,8-11H,2,7H2,1H3,(H,19,20). The van der Waals surface area contributed by atoms with Crippen LogP contribution in [-0.2, 0) is 0 Å². The number of pyridine rings is 1. The van der Waals surface area contributed by atoms with Gasteiger partial charge in [0.2, 0.25) is 0 Å². The van der Waals surface area contributed by atoms with Crippen LogP contribution in [0.5, 0.6) is 0 Å². The Morgan fingerprint density at radius 2 is 2.00 bits per heavy atom. The lowest BCUT2D eigenvalue weighted by Crippen LogP contribution is -2.03. The Labute approximate surface area is 117 Å². The number of nitrogens with zero attached hydrogens (tertiary/aromatic N) is 3. The van der Waals surface area contributed by atoms with E-state index in [1.54, 1.807) is 18.6 Å². The predicted molar refractivity (Wildman–Crippen MR) is 81.5 cm³/mol. The van der Waals surface area contributed by atoms with Crippen LogP contribution in [0.25, 0.3) is 22.0 Å². The normalized spacial score (nSPS) is 10.7. The molecule has 1 aromatic carbocycles. The predicted octanol–water partition coefficient (Wildman–Crippen LogP) is 3.51. The fourth-order valence-electron chi connectivity index (χ4n) is 2.18. The molecule has 0 bridgehead atoms. The summed E-state index contributed by atoms with van der Waals surface area (Å²) in [6.45, 7) is 3.03. The van der Waals surface area contributed by atoms with Gasteiger partial charge in [0.05, 0.1) is 18.1 Å². The van der Waals surface area contributed by atoms with Crippen LogP contribution in [0, 0.1) is 0 Å². The molecule has 3 rings (SSSR count). The first-order valence-electron chi connectivity index (χ1n) is 6.77. The molecule has 0 unspecified atom stereocenters. The van der Waals surface area contributed by atoms with Gasteiger partial charge < -0.3 is 5.32 Å². The zero-order valence-corrected chi connectivity index (χ0v) is 11.4. The van der Waals surface area contributed by atoms with Crippen LogP contribution < -0.4 is 5.32 Å². The number of aromatic nitrogens is 3. The lowest BCUT2D eigenvalue weighted by Gasteiger charge is -2.08. The molecule has 0 saturated carbocycles. The molecule has 0 saturated heterocycles. The van der Waals surface area contributed by atoms with Crippen molar-refractivity contribution in [2.24, 2.45) is 0 Å². The summed E-state index contributed by atoms with van der Waals surface area (Å²) in [6.07, 6.45) is 8.29. The van der Waals surface area contributed by atoms with Gasteiger partial charge in [-0.15, -0.1) is 0 Å². The number of hydrogen-bond acceptors (Lipinski definition) is 4. The lowest BCUT2D eigenvalue weighted by molar-refractivity contribution is 0.965. The second-order valence-electron chi connectivity index (χ2n) is 4.62. The Kier molecular flexibility index (Phi) is 3.54. The van der Waals surface area contributed by atoms with Gasteiger partial charge in [-0.1, -0.05) is 25.1 Å². The highest BCUT2D eigenvalue weighted by atomic mass is 15.0. The van der Waals surface area contributed by atoms with Crippen LogP contribution in [0.3, 0.4) is 0 Å². The van der Waals surface area contributed by atoms with E-state index >= 15 is 0 Å². The van der Waals surface area contributed by atoms with Gasteiger partial charge in [-0.25, -0.2) is 4.98 Å². The van der Waals surface area contributed by atoms with E-state index in [0.29, 0.717) is 0 Å². The third-order valence-electron chi connectivity index (χ3n) is 3.15. The average molecular weight is 264 g/mol. The first-order chi connectivity index (χ1) is 9.88. The Balaban J connectivity index is 2.06. The number of anilines is 1. The largest absolute Gasteiger partial charge is 0.369 e. The van der Waals surface area contributed by atoms with E-state index in [2.05, 4.69) is 39.3 Å². The van der Waals surface area contributed by atoms with Gasteiger partial charge >= 0.3 is 0 Å². The third kappa shape index (κ3) is 2.45. The highest BCUT2D eigenvalue weighted by molar-refractivity contribution is 5.95. The van der Waals surface area contributed by atoms with Crippen LogP contribution in [0.4, 0.5) is 5.82 Å². The van der Waals surface area contributed by atoms with Crippen LogP contribution in [0.15, 0.2) is 49.1 Å². The molecule has 100 valence electrons. The molecule has 4 heteroatoms. The third-order valence-corrected chi connectivity index (χ3v) is 3.15. The maximum atomic E-state index is 4.64. The van der Waals surface area contributed by atoms with Crippen LogP contribution in [0.2, 0.25) is 0 Å². The molecular formula is C16H16N4. The fraction of sp³-hybridized carbons (Fsp3) is 0.188. The quantitative estimate of drug-likeness (QED) is 0.783. The Bertz CT molecular complexity index is 719. The molecule has 0 radical (unpaired) electrons. The molecule has 3 aromatic rings. The summed E-state index contributed by atoms with van der Waals surface area (Å²) in [5.41, 5.74) is 1.96. The van der Waals surface area contributed by atoms with Crippen molar-refractivity contribution in [2.75, 3.05) is 11.9 Å². The fourth-order valence-corrected chi connectivity index (χ4v) is 2.18. The van der Waals surface area contributed by atoms with Gasteiger partial charge in [-0.05, 0) is 17.9 Å². The van der Waals surface area contributed by atoms with Gasteiger partial charge in [0, 0.05) is 29.9 Å². The molecule has 4 nitrogen and oxygen atoms in total. The monoisotopic (exact) mass is 264 g/mol. The molecule has 0 atom stereocenters. The van der Waals surface area contributed by atoms with Gasteiger partial charge in [0.1, 0.15) is 5.82 Å². The maximum Gasteiger partial charge on any atom is 0.145 e. The number of fused-ring (bicyclic) bond motifs is 1. The Morgan fingerprint density at radius 3 is 2.90 bits per heavy atom. The molecule has 0 spiro atoms. The molecule has 0 fully saturated rings. The van der Waals surface area contributed by atoms with E-state index < -0.39 is 0 Å². The molecule has 1 N–H and O–H groups in total. The van der Waals surface area contributed by atoms with E-state index in [1.165, 1.54) is 0 Å². The highest BCUT2D eigenvalue weighted by Crippen LogP contribution is 2.26. The molecule has 20 heavy (non-hydrogen) atoms. The van der Waals surface area contributed by atoms with E-state index in [1.807, 2.05) is 18.3 Å². The van der Waals surface area contributed by atoms with Gasteiger partial charge in [-0.2, -0.15) is 0 Å². The Hall–Kier alpha value is -2.49. The van der Waals surface area contributed by atoms with Crippen LogP contribution >= 0.6 is 0 Å². The Morgan fingerprint density at radius 1 is 1.05 bits per heavy atom. The summed E-state index contributed by atoms with van der Waals surface area (Å²) in [7, 11) is 0. The average Bonchev–Trinajstić information content (AvgIpc) is 2.52. The highest BCUT2D eigenvalue weighted by Gasteiger charge is 2.06. The zero-order chi connectivity index (χ0) is 13.8.